The second-order valence-electron chi connectivity index (χ2n) is 8.53. The van der Waals surface area contributed by atoms with Crippen LogP contribution in [-0.2, 0) is 17.6 Å². The smallest absolute Gasteiger partial charge is 0.231 e. The Kier molecular flexibility index (Phi) is 5.37. The van der Waals surface area contributed by atoms with Gasteiger partial charge in [0, 0.05) is 30.1 Å². The number of carbonyl (C=O) groups is 1. The van der Waals surface area contributed by atoms with Crippen LogP contribution in [0.1, 0.15) is 29.7 Å². The summed E-state index contributed by atoms with van der Waals surface area (Å²) >= 11 is 4.55. The number of carbonyl (C=O) groups excluding carboxylic acids is 1. The van der Waals surface area contributed by atoms with E-state index in [1.54, 1.807) is 11.9 Å². The van der Waals surface area contributed by atoms with Crippen LogP contribution in [-0.4, -0.2) is 36.3 Å². The number of anilines is 1. The molecule has 2 aromatic rings. The van der Waals surface area contributed by atoms with Crippen LogP contribution >= 0.6 is 27.3 Å². The van der Waals surface area contributed by atoms with Crippen molar-refractivity contribution in [1.29, 1.82) is 5.26 Å². The molecule has 5 nitrogen and oxygen atoms in total. The molecule has 4 unspecified atom stereocenters. The molecule has 3 heterocycles. The molecule has 1 N–H and O–H groups in total. The quantitative estimate of drug-likeness (QED) is 0.604. The number of amides is 1. The summed E-state index contributed by atoms with van der Waals surface area (Å²) in [5, 5.41) is 13.4. The number of piperidine rings is 1. The second-order valence-corrected chi connectivity index (χ2v) is 10.4. The van der Waals surface area contributed by atoms with Gasteiger partial charge in [-0.15, -0.1) is 20.9 Å². The molecule has 2 fully saturated rings. The molecule has 3 aliphatic rings. The van der Waals surface area contributed by atoms with Crippen LogP contribution < -0.4 is 10.2 Å². The number of halogens is 3. The highest BCUT2D eigenvalue weighted by atomic mass is 79.9. The van der Waals surface area contributed by atoms with Gasteiger partial charge in [-0.1, -0.05) is 12.1 Å². The van der Waals surface area contributed by atoms with E-state index in [1.807, 2.05) is 24.3 Å². The molecule has 1 aliphatic carbocycles. The lowest BCUT2D eigenvalue weighted by Gasteiger charge is -2.30. The molecule has 1 saturated carbocycles. The van der Waals surface area contributed by atoms with Crippen LogP contribution in [0.2, 0.25) is 0 Å². The van der Waals surface area contributed by atoms with Crippen LogP contribution in [0.15, 0.2) is 22.7 Å². The molecule has 0 radical (unpaired) electrons. The third-order valence-electron chi connectivity index (χ3n) is 6.70. The van der Waals surface area contributed by atoms with Gasteiger partial charge in [0.15, 0.2) is 5.82 Å². The van der Waals surface area contributed by atoms with E-state index in [-0.39, 0.29) is 18.2 Å². The zero-order chi connectivity index (χ0) is 21.9. The molecule has 31 heavy (non-hydrogen) atoms. The van der Waals surface area contributed by atoms with Gasteiger partial charge in [0.1, 0.15) is 6.04 Å². The number of nitrogens with zero attached hydrogens (tertiary/aromatic N) is 3. The molecular formula is C22H21BrF2N4OS. The molecule has 5 rings (SSSR count). The van der Waals surface area contributed by atoms with Crippen molar-refractivity contribution in [3.63, 3.8) is 0 Å². The Balaban J connectivity index is 1.40. The van der Waals surface area contributed by atoms with Gasteiger partial charge in [-0.05, 0) is 58.3 Å². The van der Waals surface area contributed by atoms with Crippen molar-refractivity contribution in [3.8, 4) is 16.5 Å². The molecule has 1 saturated heterocycles. The largest absolute Gasteiger partial charge is 0.315 e. The van der Waals surface area contributed by atoms with Crippen molar-refractivity contribution < 1.29 is 13.7 Å². The predicted molar refractivity (Wildman–Crippen MR) is 119 cm³/mol. The van der Waals surface area contributed by atoms with E-state index < -0.39 is 18.0 Å². The van der Waals surface area contributed by atoms with Crippen LogP contribution in [0, 0.1) is 23.1 Å². The van der Waals surface area contributed by atoms with Crippen LogP contribution in [0.5, 0.6) is 0 Å². The lowest BCUT2D eigenvalue weighted by molar-refractivity contribution is -0.117. The third-order valence-corrected chi connectivity index (χ3v) is 8.95. The van der Waals surface area contributed by atoms with E-state index in [4.69, 9.17) is 0 Å². The summed E-state index contributed by atoms with van der Waals surface area (Å²) in [4.78, 5) is 14.6. The summed E-state index contributed by atoms with van der Waals surface area (Å²) in [6.45, 7) is 0. The number of nitrogens with one attached hydrogen (secondary N) is 1. The van der Waals surface area contributed by atoms with Crippen LogP contribution in [0.4, 0.5) is 14.6 Å². The van der Waals surface area contributed by atoms with Gasteiger partial charge in [0.05, 0.1) is 28.0 Å². The highest BCUT2D eigenvalue weighted by Gasteiger charge is 2.44. The van der Waals surface area contributed by atoms with E-state index in [1.165, 1.54) is 11.3 Å². The fourth-order valence-corrected chi connectivity index (χ4v) is 6.94. The lowest BCUT2D eigenvalue weighted by Crippen LogP contribution is -2.49. The predicted octanol–water partition coefficient (Wildman–Crippen LogP) is 4.55. The normalized spacial score (nSPS) is 25.4. The number of nitriles is 1. The maximum atomic E-state index is 15.1. The Morgan fingerprint density at radius 3 is 2.94 bits per heavy atom. The van der Waals surface area contributed by atoms with Crippen LogP contribution in [0.25, 0.3) is 10.4 Å². The standard InChI is InChI=1S/C22H21BrF2N4OS/c1-28-16-7-12(3-2-11(16)8-18(28)30)21-19(23)20(24)17(31-21)9-15(10-26)29(25)22-13-4-5-14(6-13)27-22/h2-3,7,13-15,22,27H,4-6,8-9H2,1H3. The van der Waals surface area contributed by atoms with E-state index >= 15 is 8.87 Å². The number of thiophene rings is 1. The Bertz CT molecular complexity index is 1100. The zero-order valence-corrected chi connectivity index (χ0v) is 19.3. The highest BCUT2D eigenvalue weighted by Crippen LogP contribution is 2.43. The maximum absolute atomic E-state index is 15.1. The van der Waals surface area contributed by atoms with Gasteiger partial charge in [0.25, 0.3) is 0 Å². The first-order valence-electron chi connectivity index (χ1n) is 10.3. The minimum Gasteiger partial charge on any atom is -0.315 e. The van der Waals surface area contributed by atoms with Crippen molar-refractivity contribution in [2.24, 2.45) is 5.92 Å². The van der Waals surface area contributed by atoms with E-state index in [0.717, 1.165) is 36.1 Å². The molecule has 0 spiro atoms. The Morgan fingerprint density at radius 2 is 2.26 bits per heavy atom. The van der Waals surface area contributed by atoms with E-state index in [9.17, 15) is 10.1 Å². The van der Waals surface area contributed by atoms with Crippen LogP contribution in [0.3, 0.4) is 0 Å². The van der Waals surface area contributed by atoms with Gasteiger partial charge in [-0.25, -0.2) is 4.39 Å². The van der Waals surface area contributed by atoms with Gasteiger partial charge >= 0.3 is 0 Å². The van der Waals surface area contributed by atoms with Crippen molar-refractivity contribution >= 4 is 38.9 Å². The molecule has 1 aromatic carbocycles. The molecule has 1 amide bonds. The van der Waals surface area contributed by atoms with Crippen molar-refractivity contribution in [3.05, 3.63) is 38.9 Å². The number of rotatable bonds is 5. The van der Waals surface area contributed by atoms with Crippen molar-refractivity contribution in [1.82, 2.24) is 10.4 Å². The van der Waals surface area contributed by atoms with Crippen molar-refractivity contribution in [2.45, 2.75) is 50.4 Å². The zero-order valence-electron chi connectivity index (χ0n) is 16.9. The molecule has 1 aromatic heterocycles. The van der Waals surface area contributed by atoms with Gasteiger partial charge in [0.2, 0.25) is 5.91 Å². The fraction of sp³-hybridized carbons (Fsp3) is 0.455. The van der Waals surface area contributed by atoms with Gasteiger partial charge < -0.3 is 4.90 Å². The summed E-state index contributed by atoms with van der Waals surface area (Å²) in [5.41, 5.74) is 2.54. The van der Waals surface area contributed by atoms with Crippen molar-refractivity contribution in [2.75, 3.05) is 11.9 Å². The first-order chi connectivity index (χ1) is 14.9. The SMILES string of the molecule is CN1C(=O)Cc2ccc(-c3sc(CC(C#N)N(F)C4NC5CCC4C5)c(F)c3Br)cc21. The lowest BCUT2D eigenvalue weighted by atomic mass is 10.0. The topological polar surface area (TPSA) is 59.4 Å². The Morgan fingerprint density at radius 1 is 1.45 bits per heavy atom. The van der Waals surface area contributed by atoms with Gasteiger partial charge in [-0.2, -0.15) is 5.26 Å². The number of likely N-dealkylation sites (N-methyl/N-ethyl adjacent to an activating group) is 1. The minimum atomic E-state index is -1.06. The third kappa shape index (κ3) is 3.50. The highest BCUT2D eigenvalue weighted by molar-refractivity contribution is 9.10. The number of fused-ring (bicyclic) bond motifs is 3. The fourth-order valence-electron chi connectivity index (χ4n) is 5.00. The molecular weight excluding hydrogens is 486 g/mol. The molecule has 2 bridgehead atoms. The number of hydrogen-bond acceptors (Lipinski definition) is 5. The van der Waals surface area contributed by atoms with E-state index in [2.05, 4.69) is 21.2 Å². The summed E-state index contributed by atoms with van der Waals surface area (Å²) in [6.07, 6.45) is 2.80. The molecule has 4 atom stereocenters. The Labute approximate surface area is 191 Å². The monoisotopic (exact) mass is 506 g/mol. The number of hydrogen-bond donors (Lipinski definition) is 1. The summed E-state index contributed by atoms with van der Waals surface area (Å²) in [7, 11) is 1.73. The first-order valence-corrected chi connectivity index (χ1v) is 11.9. The molecule has 9 heteroatoms. The summed E-state index contributed by atoms with van der Waals surface area (Å²) in [5.74, 6) is -0.231. The average molecular weight is 507 g/mol. The maximum Gasteiger partial charge on any atom is 0.231 e. The molecule has 162 valence electrons. The number of benzene rings is 1. The van der Waals surface area contributed by atoms with Gasteiger partial charge in [-0.3, -0.25) is 10.1 Å². The Hall–Kier alpha value is -1.86. The molecule has 2 aliphatic heterocycles. The minimum absolute atomic E-state index is 0.0263. The first kappa shape index (κ1) is 21.0. The second kappa shape index (κ2) is 7.93. The summed E-state index contributed by atoms with van der Waals surface area (Å²) < 4.78 is 30.4. The van der Waals surface area contributed by atoms with E-state index in [0.29, 0.717) is 31.8 Å². The summed E-state index contributed by atoms with van der Waals surface area (Å²) in [6, 6.07) is 6.91. The average Bonchev–Trinajstić information content (AvgIpc) is 3.53.